The minimum atomic E-state index is -0.356. The first kappa shape index (κ1) is 94.7. The van der Waals surface area contributed by atoms with Gasteiger partial charge < -0.3 is 92.2 Å². The van der Waals surface area contributed by atoms with Crippen LogP contribution in [0.3, 0.4) is 0 Å². The van der Waals surface area contributed by atoms with Crippen LogP contribution < -0.4 is 42.5 Å². The maximum atomic E-state index is 13.8. The van der Waals surface area contributed by atoms with Crippen molar-refractivity contribution in [1.29, 1.82) is 0 Å². The van der Waals surface area contributed by atoms with Gasteiger partial charge in [-0.15, -0.1) is 0 Å². The van der Waals surface area contributed by atoms with Crippen molar-refractivity contribution in [2.24, 2.45) is 0 Å². The number of hydrogen-bond acceptors (Lipinski definition) is 18. The minimum Gasteiger partial charge on any atom is -0.356 e. The first-order valence-corrected chi connectivity index (χ1v) is 48.8. The summed E-state index contributed by atoms with van der Waals surface area (Å²) in [4.78, 5) is 180. The predicted molar refractivity (Wildman–Crippen MR) is 569 cm³/mol. The Labute approximate surface area is 831 Å². The van der Waals surface area contributed by atoms with Crippen LogP contribution in [0.2, 0.25) is 0 Å². The number of amides is 8. The summed E-state index contributed by atoms with van der Waals surface area (Å²) in [6, 6.07) is 61.9. The van der Waals surface area contributed by atoms with Crippen LogP contribution >= 0.6 is 0 Å². The Morgan fingerprint density at radius 3 is 0.538 bits per heavy atom. The van der Waals surface area contributed by atoms with Crippen LogP contribution in [0.5, 0.6) is 0 Å². The average molecular weight is 1930 g/mol. The fourth-order valence-corrected chi connectivity index (χ4v) is 17.9. The van der Waals surface area contributed by atoms with E-state index in [1.165, 1.54) is 0 Å². The molecule has 0 atom stereocenters. The van der Waals surface area contributed by atoms with Gasteiger partial charge >= 0.3 is 0 Å². The average Bonchev–Trinajstić information content (AvgIpc) is 1.68. The normalized spacial score (nSPS) is 12.8. The molecule has 20 heterocycles. The van der Waals surface area contributed by atoms with Gasteiger partial charge in [-0.2, -0.15) is 0 Å². The van der Waals surface area contributed by atoms with Gasteiger partial charge in [0.15, 0.2) is 0 Å². The summed E-state index contributed by atoms with van der Waals surface area (Å²) >= 11 is 0. The summed E-state index contributed by atoms with van der Waals surface area (Å²) in [7, 11) is 0. The number of carbonyl (C=O) groups is 8. The first-order chi connectivity index (χ1) is 70.8. The van der Waals surface area contributed by atoms with Gasteiger partial charge in [0.05, 0.1) is 114 Å². The van der Waals surface area contributed by atoms with Crippen molar-refractivity contribution in [2.75, 3.05) is 65.4 Å². The van der Waals surface area contributed by atoms with Crippen molar-refractivity contribution in [3.8, 4) is 0 Å². The third-order valence-electron chi connectivity index (χ3n) is 24.9. The van der Waals surface area contributed by atoms with Crippen LogP contribution in [0, 0.1) is 0 Å². The highest BCUT2D eigenvalue weighted by Gasteiger charge is 2.23. The SMILES string of the molecule is O=C(CCC(=O)NC1=Cc2cc3ccc(cc4nc(cc5ccc(cc1n2)[nH]5)C=C4)[nH]3)NCCCN(CCCNC(=O)CCC(=O)NC1=Cc2cc3ccc(cc4nc(cc5ccc(cc1n2)[nH]5)C=C4)[nH]3)CCCN(CCCNC(=O)CCC(=O)NC1=Cc2cc3ccc(cc4nc(cc5ccc(cc1n2)[nH]5)C=C4)[nH]3)CCCNC(=O)CCC(=O)NC1=Cc2cc3ccc(cc4nc(cc5ccc(cc1n2)[nH]5)C=C4)[nH]3. The molecule has 34 nitrogen and oxygen atoms in total. The Bertz CT molecular complexity index is 7200. The maximum absolute atomic E-state index is 13.8. The van der Waals surface area contributed by atoms with Gasteiger partial charge in [-0.25, -0.2) is 39.9 Å². The zero-order valence-corrected chi connectivity index (χ0v) is 79.4. The van der Waals surface area contributed by atoms with E-state index in [0.29, 0.717) is 166 Å². The number of fused-ring (bicyclic) bond motifs is 32. The molecular formula is C111H106N26O8. The lowest BCUT2D eigenvalue weighted by Crippen LogP contribution is -2.37. The Morgan fingerprint density at radius 2 is 0.352 bits per heavy atom. The Morgan fingerprint density at radius 1 is 0.193 bits per heavy atom. The third kappa shape index (κ3) is 26.2. The number of rotatable bonds is 36. The molecule has 0 spiro atoms. The lowest BCUT2D eigenvalue weighted by atomic mass is 10.2. The van der Waals surface area contributed by atoms with Crippen LogP contribution in [0.1, 0.15) is 175 Å². The number of aromatic amines is 8. The molecule has 20 rings (SSSR count). The van der Waals surface area contributed by atoms with Crippen molar-refractivity contribution in [1.82, 2.24) is 132 Å². The molecule has 145 heavy (non-hydrogen) atoms. The molecular weight excluding hydrogens is 1830 g/mol. The number of aromatic nitrogens is 16. The maximum Gasteiger partial charge on any atom is 0.224 e. The van der Waals surface area contributed by atoms with Crippen LogP contribution in [-0.2, 0) is 38.4 Å². The van der Waals surface area contributed by atoms with E-state index in [1.807, 2.05) is 267 Å². The van der Waals surface area contributed by atoms with Gasteiger partial charge in [-0.3, -0.25) is 38.4 Å². The molecule has 728 valence electrons. The van der Waals surface area contributed by atoms with Gasteiger partial charge in [-0.05, 0) is 338 Å². The second-order valence-electron chi connectivity index (χ2n) is 36.4. The zero-order valence-electron chi connectivity index (χ0n) is 79.4. The number of hydrogen-bond donors (Lipinski definition) is 16. The number of nitrogens with one attached hydrogen (secondary N) is 16. The fraction of sp³-hybridized carbons (Fsp3) is 0.207. The lowest BCUT2D eigenvalue weighted by Gasteiger charge is -2.26. The molecule has 34 heteroatoms. The van der Waals surface area contributed by atoms with Crippen molar-refractivity contribution in [3.05, 3.63) is 285 Å². The molecule has 16 N–H and O–H groups in total. The second kappa shape index (κ2) is 44.3. The van der Waals surface area contributed by atoms with Crippen molar-refractivity contribution < 1.29 is 38.4 Å². The number of carbonyl (C=O) groups excluding carboxylic acids is 8. The van der Waals surface area contributed by atoms with Gasteiger partial charge in [0, 0.05) is 166 Å². The van der Waals surface area contributed by atoms with Gasteiger partial charge in [0.2, 0.25) is 47.3 Å². The van der Waals surface area contributed by atoms with E-state index in [4.69, 9.17) is 39.9 Å². The van der Waals surface area contributed by atoms with Crippen LogP contribution in [0.25, 0.3) is 184 Å². The van der Waals surface area contributed by atoms with E-state index in [-0.39, 0.29) is 98.6 Å². The first-order valence-electron chi connectivity index (χ1n) is 48.8. The standard InChI is InChI=1S/C111H106N26O8/c138-104(30-34-108(142)132-100-64-92-56-84-18-14-76(120-84)48-68-6-10-72(116-68)52-80-22-26-88(124-80)60-96(100)128-92)112-38-1-42-136(43-2-39-113-105(139)31-35-109(143)133-101-65-93-57-85-19-15-77(121-85)49-69-7-11-73(117-69)53-81-23-27-89(125-81)61-97(101)129-93)46-5-47-137(44-3-40-114-106(140)32-36-110(144)134-102-66-94-58-86-20-16-78(122-86)50-70-8-12-74(118-70)54-82-24-28-90(126-82)62-98(102)130-94)45-4-41-115-107(141)33-37-111(145)135-103-67-95-59-87-21-17-79(123-87)51-71-9-13-75(119-71)55-83-25-29-91(127-83)63-99(103)131-95/h6-29,48-67,120-127H,1-5,30-47H2,(H,112,138)(H,113,139)(H,114,140)(H,115,141)(H,132,142)(H,133,143)(H,134,144)(H,135,145). The highest BCUT2D eigenvalue weighted by molar-refractivity contribution is 6.00. The molecule has 0 unspecified atom stereocenters. The monoisotopic (exact) mass is 1930 g/mol. The quantitative estimate of drug-likeness (QED) is 0.0162. The van der Waals surface area contributed by atoms with Gasteiger partial charge in [0.1, 0.15) is 0 Å². The molecule has 8 aliphatic heterocycles. The predicted octanol–water partition coefficient (Wildman–Crippen LogP) is 15.6. The fourth-order valence-electron chi connectivity index (χ4n) is 17.9. The summed E-state index contributed by atoms with van der Waals surface area (Å²) in [6.45, 7) is 4.74. The Kier molecular flexibility index (Phi) is 28.9. The van der Waals surface area contributed by atoms with E-state index >= 15 is 0 Å². The highest BCUT2D eigenvalue weighted by Crippen LogP contribution is 2.29. The van der Waals surface area contributed by atoms with Crippen molar-refractivity contribution in [2.45, 2.75) is 83.5 Å². The topological polar surface area (TPSA) is 469 Å². The highest BCUT2D eigenvalue weighted by atomic mass is 16.2. The molecule has 0 fully saturated rings. The summed E-state index contributed by atoms with van der Waals surface area (Å²) in [5.74, 6) is -2.59. The zero-order chi connectivity index (χ0) is 98.9. The second-order valence-corrected chi connectivity index (χ2v) is 36.4. The molecule has 8 amide bonds. The van der Waals surface area contributed by atoms with Crippen LogP contribution in [0.15, 0.2) is 194 Å². The van der Waals surface area contributed by atoms with Crippen molar-refractivity contribution in [3.63, 3.8) is 0 Å². The van der Waals surface area contributed by atoms with Crippen molar-refractivity contribution >= 4 is 231 Å². The number of H-pyrrole nitrogens is 8. The largest absolute Gasteiger partial charge is 0.356 e. The molecule has 12 aromatic heterocycles. The Hall–Kier alpha value is -17.9. The van der Waals surface area contributed by atoms with Crippen LogP contribution in [0.4, 0.5) is 0 Å². The Balaban J connectivity index is 0.474. The van der Waals surface area contributed by atoms with Gasteiger partial charge in [-0.1, -0.05) is 0 Å². The summed E-state index contributed by atoms with van der Waals surface area (Å²) in [5, 5.41) is 24.2. The molecule has 0 saturated heterocycles. The molecule has 0 aliphatic carbocycles. The van der Waals surface area contributed by atoms with Crippen LogP contribution in [-0.4, -0.2) is 202 Å². The molecule has 0 aromatic carbocycles. The van der Waals surface area contributed by atoms with E-state index in [0.717, 1.165) is 134 Å². The minimum absolute atomic E-state index is 0.0675. The summed E-state index contributed by atoms with van der Waals surface area (Å²) in [6.07, 6.45) is 25.2. The van der Waals surface area contributed by atoms with Gasteiger partial charge in [0.25, 0.3) is 0 Å². The van der Waals surface area contributed by atoms with E-state index < -0.39 is 0 Å². The van der Waals surface area contributed by atoms with E-state index in [9.17, 15) is 38.4 Å². The van der Waals surface area contributed by atoms with E-state index in [1.54, 1.807) is 0 Å². The molecule has 8 aliphatic rings. The summed E-state index contributed by atoms with van der Waals surface area (Å²) < 4.78 is 0. The number of nitrogens with zero attached hydrogens (tertiary/aromatic N) is 10. The molecule has 12 aromatic rings. The third-order valence-corrected chi connectivity index (χ3v) is 24.9. The lowest BCUT2D eigenvalue weighted by molar-refractivity contribution is -0.125. The summed E-state index contributed by atoms with van der Waals surface area (Å²) in [5.41, 5.74) is 26.2. The molecule has 32 bridgehead atoms. The van der Waals surface area contributed by atoms with E-state index in [2.05, 4.69) is 92.2 Å². The smallest absolute Gasteiger partial charge is 0.224 e. The molecule has 0 radical (unpaired) electrons. The molecule has 0 saturated carbocycles.